The summed E-state index contributed by atoms with van der Waals surface area (Å²) in [6.45, 7) is 0. The van der Waals surface area contributed by atoms with Crippen LogP contribution in [0.25, 0.3) is 32.7 Å². The molecule has 6 rings (SSSR count). The number of phenolic OH excluding ortho intramolecular Hbond substituents is 3. The summed E-state index contributed by atoms with van der Waals surface area (Å²) < 4.78 is 100. The maximum Gasteiger partial charge on any atom is 3.00 e. The zero-order valence-corrected chi connectivity index (χ0v) is 36.0. The van der Waals surface area contributed by atoms with Crippen molar-refractivity contribution in [3.8, 4) is 17.2 Å². The molecule has 0 atom stereocenters. The summed E-state index contributed by atoms with van der Waals surface area (Å²) in [6.07, 6.45) is 4.25. The van der Waals surface area contributed by atoms with Crippen molar-refractivity contribution >= 4 is 157 Å². The molecule has 0 saturated carbocycles. The third kappa shape index (κ3) is 9.51. The minimum atomic E-state index is -4.57. The summed E-state index contributed by atoms with van der Waals surface area (Å²) in [5.41, 5.74) is 0.344. The normalized spacial score (nSPS) is 11.6. The smallest absolute Gasteiger partial charge is 0.744 e. The maximum absolute atomic E-state index is 11.0. The molecule has 22 heteroatoms. The molecule has 6 aromatic rings. The molecule has 0 aliphatic rings. The van der Waals surface area contributed by atoms with E-state index in [1.54, 1.807) is 67.8 Å². The fourth-order valence-corrected chi connectivity index (χ4v) is 8.55. The molecule has 0 spiro atoms. The molecule has 0 amide bonds. The molecule has 3 aromatic carbocycles. The molecule has 0 aliphatic heterocycles. The number of aromatic nitrogens is 3. The van der Waals surface area contributed by atoms with Crippen LogP contribution in [0.5, 0.6) is 17.2 Å². The minimum Gasteiger partial charge on any atom is -0.744 e. The van der Waals surface area contributed by atoms with Crippen LogP contribution in [-0.2, 0) is 30.4 Å². The molecule has 3 aromatic heterocycles. The van der Waals surface area contributed by atoms with Gasteiger partial charge in [0.1, 0.15) is 46.9 Å². The number of benzene rings is 3. The van der Waals surface area contributed by atoms with Crippen molar-refractivity contribution in [3.63, 3.8) is 0 Å². The quantitative estimate of drug-likeness (QED) is 0.129. The first-order chi connectivity index (χ1) is 22.2. The molecule has 3 heterocycles. The van der Waals surface area contributed by atoms with E-state index in [1.165, 1.54) is 55.0 Å². The molecule has 0 saturated heterocycles. The topological polar surface area (TPSA) is 271 Å². The predicted octanol–water partition coefficient (Wildman–Crippen LogP) is 3.97. The Bertz CT molecular complexity index is 2300. The third-order valence-corrected chi connectivity index (χ3v) is 11.2. The summed E-state index contributed by atoms with van der Waals surface area (Å²) in [5, 5.41) is 29.4. The third-order valence-electron chi connectivity index (χ3n) is 6.15. The van der Waals surface area contributed by atoms with E-state index in [9.17, 15) is 54.2 Å². The van der Waals surface area contributed by atoms with E-state index in [1.807, 2.05) is 0 Å². The van der Waals surface area contributed by atoms with Crippen LogP contribution in [0, 0.1) is 10.7 Å². The van der Waals surface area contributed by atoms with Crippen LogP contribution >= 0.6 is 67.8 Å². The molecule has 0 aliphatic carbocycles. The van der Waals surface area contributed by atoms with Crippen LogP contribution in [0.4, 0.5) is 0 Å². The Kier molecular flexibility index (Phi) is 13.7. The van der Waals surface area contributed by atoms with Crippen molar-refractivity contribution in [1.29, 1.82) is 0 Å². The summed E-state index contributed by atoms with van der Waals surface area (Å²) in [7, 11) is -13.7. The number of nitrogens with zero attached hydrogens (tertiary/aromatic N) is 3. The first-order valence-corrected chi connectivity index (χ1v) is 19.9. The van der Waals surface area contributed by atoms with E-state index in [0.29, 0.717) is 0 Å². The maximum atomic E-state index is 11.0. The molecular weight excluding hydrogens is 1240 g/mol. The van der Waals surface area contributed by atoms with Crippen molar-refractivity contribution < 1.29 is 54.2 Å². The minimum absolute atomic E-state index is 0. The molecular formula is C27H15BiI3N3O12S3. The van der Waals surface area contributed by atoms with Gasteiger partial charge in [0.15, 0.2) is 17.2 Å². The monoisotopic (exact) mass is 1260 g/mol. The number of rotatable bonds is 3. The van der Waals surface area contributed by atoms with Gasteiger partial charge in [-0.2, -0.15) is 0 Å². The number of hydrogen-bond donors (Lipinski definition) is 3. The second kappa shape index (κ2) is 16.2. The van der Waals surface area contributed by atoms with Crippen molar-refractivity contribution in [2.45, 2.75) is 14.7 Å². The van der Waals surface area contributed by atoms with Gasteiger partial charge in [0.05, 0.1) is 25.4 Å². The van der Waals surface area contributed by atoms with Gasteiger partial charge >= 0.3 is 26.2 Å². The van der Waals surface area contributed by atoms with Gasteiger partial charge in [-0.25, -0.2) is 25.3 Å². The number of pyridine rings is 3. The number of halogens is 3. The van der Waals surface area contributed by atoms with Gasteiger partial charge < -0.3 is 29.0 Å². The number of fused-ring (bicyclic) bond motifs is 3. The SMILES string of the molecule is O=S(=O)([O-])c1cc(I)c(O)c2ncccc12.O=S(=O)([O-])c1cc(I)c(O)c2ncccc12.O=S(=O)([O-])c1cc(I)c(O)c2ncccc12.[Bi+3]. The Hall–Kier alpha value is -1.91. The summed E-state index contributed by atoms with van der Waals surface area (Å²) in [6, 6.07) is 12.2. The van der Waals surface area contributed by atoms with Crippen molar-refractivity contribution in [2.75, 3.05) is 0 Å². The van der Waals surface area contributed by atoms with Gasteiger partial charge in [0, 0.05) is 34.7 Å². The average molecular weight is 1260 g/mol. The fraction of sp³-hybridized carbons (Fsp3) is 0. The van der Waals surface area contributed by atoms with Crippen LogP contribution < -0.4 is 0 Å². The van der Waals surface area contributed by atoms with Crippen molar-refractivity contribution in [2.24, 2.45) is 0 Å². The number of hydrogen-bond acceptors (Lipinski definition) is 15. The Morgan fingerprint density at radius 2 is 0.714 bits per heavy atom. The fourth-order valence-electron chi connectivity index (χ4n) is 4.12. The molecule has 0 bridgehead atoms. The second-order valence-corrected chi connectivity index (χ2v) is 16.7. The predicted molar refractivity (Wildman–Crippen MR) is 198 cm³/mol. The standard InChI is InChI=1S/3C9H6INO4S.Bi/c3*10-6-4-7(16(13,14)15)5-2-1-3-11-8(5)9(6)12;/h3*1-4,12H,(H,13,14,15);/q;;;+3/p-3. The molecule has 3 N–H and O–H groups in total. The van der Waals surface area contributed by atoms with Gasteiger partial charge in [-0.05, 0) is 122 Å². The van der Waals surface area contributed by atoms with Crippen molar-refractivity contribution in [1.82, 2.24) is 15.0 Å². The first kappa shape index (κ1) is 41.5. The van der Waals surface area contributed by atoms with E-state index in [0.717, 1.165) is 18.2 Å². The molecule has 0 fully saturated rings. The van der Waals surface area contributed by atoms with E-state index < -0.39 is 30.4 Å². The van der Waals surface area contributed by atoms with E-state index >= 15 is 0 Å². The summed E-state index contributed by atoms with van der Waals surface area (Å²) in [4.78, 5) is 10.5. The van der Waals surface area contributed by atoms with E-state index in [-0.39, 0.29) is 102 Å². The van der Waals surface area contributed by atoms with Gasteiger partial charge in [0.25, 0.3) is 0 Å². The Morgan fingerprint density at radius 3 is 0.918 bits per heavy atom. The zero-order valence-electron chi connectivity index (χ0n) is 23.6. The summed E-state index contributed by atoms with van der Waals surface area (Å²) >= 11 is 5.23. The van der Waals surface area contributed by atoms with Crippen LogP contribution in [-0.4, -0.2) is 95.4 Å². The summed E-state index contributed by atoms with van der Waals surface area (Å²) in [5.74, 6) is -0.365. The zero-order chi connectivity index (χ0) is 35.8. The Morgan fingerprint density at radius 1 is 0.490 bits per heavy atom. The van der Waals surface area contributed by atoms with Crippen LogP contribution in [0.3, 0.4) is 0 Å². The second-order valence-electron chi connectivity index (χ2n) is 9.18. The molecule has 254 valence electrons. The first-order valence-electron chi connectivity index (χ1n) is 12.4. The molecule has 2 radical (unpaired) electrons. The number of phenols is 3. The molecule has 0 unspecified atom stereocenters. The van der Waals surface area contributed by atoms with Gasteiger partial charge in [-0.3, -0.25) is 15.0 Å². The number of aromatic hydroxyl groups is 3. The molecule has 15 nitrogen and oxygen atoms in total. The average Bonchev–Trinajstić information content (AvgIpc) is 3.01. The van der Waals surface area contributed by atoms with Gasteiger partial charge in [-0.1, -0.05) is 0 Å². The van der Waals surface area contributed by atoms with E-state index in [2.05, 4.69) is 15.0 Å². The van der Waals surface area contributed by atoms with Gasteiger partial charge in [-0.15, -0.1) is 0 Å². The Labute approximate surface area is 338 Å². The van der Waals surface area contributed by atoms with E-state index in [4.69, 9.17) is 0 Å². The molecule has 49 heavy (non-hydrogen) atoms. The van der Waals surface area contributed by atoms with Crippen LogP contribution in [0.1, 0.15) is 0 Å². The Balaban J connectivity index is 0.000000197. The van der Waals surface area contributed by atoms with Gasteiger partial charge in [0.2, 0.25) is 0 Å². The largest absolute Gasteiger partial charge is 3.00 e. The van der Waals surface area contributed by atoms with Crippen LogP contribution in [0.15, 0.2) is 87.9 Å². The van der Waals surface area contributed by atoms with Crippen LogP contribution in [0.2, 0.25) is 0 Å². The van der Waals surface area contributed by atoms with Crippen molar-refractivity contribution in [3.05, 3.63) is 83.9 Å².